The van der Waals surface area contributed by atoms with E-state index in [1.807, 2.05) is 0 Å². The summed E-state index contributed by atoms with van der Waals surface area (Å²) in [4.78, 5) is 23.2. The molecule has 5 nitrogen and oxygen atoms in total. The lowest BCUT2D eigenvalue weighted by molar-refractivity contribution is -0.137. The molecule has 2 amide bonds. The number of imide groups is 1. The van der Waals surface area contributed by atoms with Crippen LogP contribution in [0.3, 0.4) is 0 Å². The first kappa shape index (κ1) is 18.8. The van der Waals surface area contributed by atoms with Crippen molar-refractivity contribution in [2.24, 2.45) is 0 Å². The van der Waals surface area contributed by atoms with Crippen molar-refractivity contribution in [3.63, 3.8) is 0 Å². The highest BCUT2D eigenvalue weighted by Crippen LogP contribution is 2.60. The van der Waals surface area contributed by atoms with Crippen molar-refractivity contribution in [1.29, 1.82) is 0 Å². The lowest BCUT2D eigenvalue weighted by atomic mass is 9.68. The number of halogens is 2. The number of hydrogen-bond acceptors (Lipinski definition) is 4. The first-order valence-electron chi connectivity index (χ1n) is 8.21. The van der Waals surface area contributed by atoms with E-state index in [0.717, 1.165) is 4.90 Å². The van der Waals surface area contributed by atoms with Crippen LogP contribution in [0.4, 0.5) is 0 Å². The highest BCUT2D eigenvalue weighted by atomic mass is 35.5. The Hall–Kier alpha value is -1.98. The summed E-state index contributed by atoms with van der Waals surface area (Å²) in [6.07, 6.45) is 3.40. The fourth-order valence-electron chi connectivity index (χ4n) is 3.76. The topological polar surface area (TPSA) is 66.8 Å². The van der Waals surface area contributed by atoms with Gasteiger partial charge in [0.05, 0.1) is 6.61 Å². The third-order valence-corrected chi connectivity index (χ3v) is 6.48. The average molecular weight is 396 g/mol. The summed E-state index contributed by atoms with van der Waals surface area (Å²) in [6, 6.07) is 4.95. The Kier molecular flexibility index (Phi) is 4.57. The van der Waals surface area contributed by atoms with Crippen molar-refractivity contribution < 1.29 is 19.4 Å². The third-order valence-electron chi connectivity index (χ3n) is 5.06. The minimum atomic E-state index is -1.78. The quantitative estimate of drug-likeness (QED) is 0.626. The average Bonchev–Trinajstić information content (AvgIpc) is 2.76. The number of aromatic hydroxyl groups is 1. The molecule has 7 heteroatoms. The van der Waals surface area contributed by atoms with Gasteiger partial charge in [-0.3, -0.25) is 14.5 Å². The number of likely N-dealkylation sites (tertiary alicyclic amines) is 1. The number of carbonyl (C=O) groups excluding carboxylic acids is 2. The number of allylic oxidation sites excluding steroid dienone is 3. The SMILES string of the molecule is C=CC1=CCC2(Cl)C(=O)N(C)C(=O)C2(Cl)C1c1cccc(OCC)c1O. The zero-order chi connectivity index (χ0) is 19.3. The van der Waals surface area contributed by atoms with Gasteiger partial charge in [-0.05, 0) is 25.0 Å². The van der Waals surface area contributed by atoms with Crippen LogP contribution in [-0.4, -0.2) is 45.2 Å². The molecule has 138 valence electrons. The van der Waals surface area contributed by atoms with Gasteiger partial charge in [0.15, 0.2) is 21.2 Å². The lowest BCUT2D eigenvalue weighted by Crippen LogP contribution is -2.54. The van der Waals surface area contributed by atoms with Crippen LogP contribution >= 0.6 is 23.2 Å². The maximum Gasteiger partial charge on any atom is 0.253 e. The summed E-state index contributed by atoms with van der Waals surface area (Å²) in [7, 11) is 1.36. The second-order valence-corrected chi connectivity index (χ2v) is 7.60. The minimum Gasteiger partial charge on any atom is -0.504 e. The molecule has 1 aliphatic heterocycles. The Morgan fingerprint density at radius 3 is 2.69 bits per heavy atom. The van der Waals surface area contributed by atoms with Crippen LogP contribution in [-0.2, 0) is 9.59 Å². The smallest absolute Gasteiger partial charge is 0.253 e. The fourth-order valence-corrected chi connectivity index (χ4v) is 4.68. The van der Waals surface area contributed by atoms with Crippen LogP contribution in [0, 0.1) is 0 Å². The van der Waals surface area contributed by atoms with Crippen LogP contribution < -0.4 is 4.74 Å². The number of carbonyl (C=O) groups is 2. The molecule has 26 heavy (non-hydrogen) atoms. The molecular formula is C19H19Cl2NO4. The zero-order valence-electron chi connectivity index (χ0n) is 14.5. The number of hydrogen-bond donors (Lipinski definition) is 1. The number of nitrogens with zero attached hydrogens (tertiary/aromatic N) is 1. The summed E-state index contributed by atoms with van der Waals surface area (Å²) in [5.41, 5.74) is 0.981. The van der Waals surface area contributed by atoms with Crippen LogP contribution in [0.5, 0.6) is 11.5 Å². The number of benzene rings is 1. The van der Waals surface area contributed by atoms with E-state index in [4.69, 9.17) is 27.9 Å². The van der Waals surface area contributed by atoms with Crippen molar-refractivity contribution in [1.82, 2.24) is 4.90 Å². The van der Waals surface area contributed by atoms with E-state index in [0.29, 0.717) is 17.7 Å². The normalized spacial score (nSPS) is 30.8. The monoisotopic (exact) mass is 395 g/mol. The maximum atomic E-state index is 13.0. The van der Waals surface area contributed by atoms with Crippen LogP contribution in [0.15, 0.2) is 42.5 Å². The summed E-state index contributed by atoms with van der Waals surface area (Å²) in [5, 5.41) is 10.7. The summed E-state index contributed by atoms with van der Waals surface area (Å²) < 4.78 is 5.44. The van der Waals surface area contributed by atoms with E-state index in [1.54, 1.807) is 37.3 Å². The molecule has 1 N–H and O–H groups in total. The van der Waals surface area contributed by atoms with Crippen LogP contribution in [0.25, 0.3) is 0 Å². The van der Waals surface area contributed by atoms with E-state index in [2.05, 4.69) is 6.58 Å². The van der Waals surface area contributed by atoms with Crippen molar-refractivity contribution >= 4 is 35.0 Å². The third kappa shape index (κ3) is 2.23. The Bertz CT molecular complexity index is 837. The number of phenols is 1. The number of ether oxygens (including phenoxy) is 1. The van der Waals surface area contributed by atoms with Crippen LogP contribution in [0.2, 0.25) is 0 Å². The van der Waals surface area contributed by atoms with Crippen molar-refractivity contribution in [3.05, 3.63) is 48.1 Å². The first-order chi connectivity index (χ1) is 12.2. The number of amides is 2. The Morgan fingerprint density at radius 2 is 2.08 bits per heavy atom. The van der Waals surface area contributed by atoms with Gasteiger partial charge in [-0.15, -0.1) is 23.2 Å². The van der Waals surface area contributed by atoms with Crippen molar-refractivity contribution in [3.8, 4) is 11.5 Å². The molecule has 1 aromatic carbocycles. The molecule has 0 saturated carbocycles. The van der Waals surface area contributed by atoms with Gasteiger partial charge in [0.25, 0.3) is 11.8 Å². The zero-order valence-corrected chi connectivity index (χ0v) is 16.0. The Labute approximate surface area is 161 Å². The summed E-state index contributed by atoms with van der Waals surface area (Å²) >= 11 is 13.5. The van der Waals surface area contributed by atoms with Gasteiger partial charge in [-0.2, -0.15) is 0 Å². The molecule has 0 radical (unpaired) electrons. The van der Waals surface area contributed by atoms with Crippen molar-refractivity contribution in [2.75, 3.05) is 13.7 Å². The molecule has 1 heterocycles. The molecule has 2 aliphatic rings. The van der Waals surface area contributed by atoms with E-state index in [-0.39, 0.29) is 17.9 Å². The molecule has 0 bridgehead atoms. The van der Waals surface area contributed by atoms with Crippen molar-refractivity contribution in [2.45, 2.75) is 29.0 Å². The van der Waals surface area contributed by atoms with E-state index >= 15 is 0 Å². The molecule has 1 saturated heterocycles. The van der Waals surface area contributed by atoms with Gasteiger partial charge in [-0.1, -0.05) is 30.9 Å². The highest BCUT2D eigenvalue weighted by Gasteiger charge is 2.72. The number of rotatable bonds is 4. The second-order valence-electron chi connectivity index (χ2n) is 6.35. The lowest BCUT2D eigenvalue weighted by Gasteiger charge is -2.42. The number of fused-ring (bicyclic) bond motifs is 1. The van der Waals surface area contributed by atoms with E-state index in [1.165, 1.54) is 7.05 Å². The molecule has 3 unspecified atom stereocenters. The van der Waals surface area contributed by atoms with Gasteiger partial charge in [0, 0.05) is 18.5 Å². The predicted octanol–water partition coefficient (Wildman–Crippen LogP) is 3.34. The van der Waals surface area contributed by atoms with E-state index < -0.39 is 27.5 Å². The van der Waals surface area contributed by atoms with Crippen LogP contribution in [0.1, 0.15) is 24.8 Å². The van der Waals surface area contributed by atoms with Gasteiger partial charge in [0.1, 0.15) is 0 Å². The Morgan fingerprint density at radius 1 is 1.38 bits per heavy atom. The summed E-state index contributed by atoms with van der Waals surface area (Å²) in [6.45, 7) is 5.94. The minimum absolute atomic E-state index is 0.0940. The fraction of sp³-hybridized carbons (Fsp3) is 0.368. The molecule has 0 spiro atoms. The molecule has 0 aromatic heterocycles. The molecular weight excluding hydrogens is 377 g/mol. The largest absolute Gasteiger partial charge is 0.504 e. The van der Waals surface area contributed by atoms with Gasteiger partial charge < -0.3 is 9.84 Å². The molecule has 1 fully saturated rings. The van der Waals surface area contributed by atoms with Gasteiger partial charge >= 0.3 is 0 Å². The molecule has 1 aromatic rings. The number of para-hydroxylation sites is 1. The van der Waals surface area contributed by atoms with Gasteiger partial charge in [-0.25, -0.2) is 0 Å². The second kappa shape index (κ2) is 6.32. The molecule has 3 atom stereocenters. The number of alkyl halides is 2. The number of phenolic OH excluding ortho intramolecular Hbond substituents is 1. The standard InChI is InChI=1S/C19H19Cl2NO4/c1-4-11-9-10-18(20)16(24)22(3)17(25)19(18,21)14(11)12-7-6-8-13(15(12)23)26-5-2/h4,6-9,14,23H,1,5,10H2,2-3H3. The predicted molar refractivity (Wildman–Crippen MR) is 99.9 cm³/mol. The van der Waals surface area contributed by atoms with Gasteiger partial charge in [0.2, 0.25) is 0 Å². The first-order valence-corrected chi connectivity index (χ1v) is 8.97. The molecule has 3 rings (SSSR count). The maximum absolute atomic E-state index is 13.0. The molecule has 1 aliphatic carbocycles. The highest BCUT2D eigenvalue weighted by molar-refractivity contribution is 6.53. The summed E-state index contributed by atoms with van der Waals surface area (Å²) in [5.74, 6) is -1.87. The van der Waals surface area contributed by atoms with E-state index in [9.17, 15) is 14.7 Å². The Balaban J connectivity index is 2.28.